The molecule has 3 rings (SSSR count). The van der Waals surface area contributed by atoms with E-state index in [1.54, 1.807) is 48.5 Å². The van der Waals surface area contributed by atoms with Crippen LogP contribution in [0, 0.1) is 0 Å². The van der Waals surface area contributed by atoms with Gasteiger partial charge in [0.25, 0.3) is 0 Å². The number of epoxide rings is 1. The average molecular weight is 479 g/mol. The highest BCUT2D eigenvalue weighted by Crippen LogP contribution is 2.14. The van der Waals surface area contributed by atoms with Gasteiger partial charge >= 0.3 is 11.9 Å². The van der Waals surface area contributed by atoms with E-state index in [-0.39, 0.29) is 12.7 Å². The number of aliphatic hydroxyl groups excluding tert-OH is 3. The molecule has 34 heavy (non-hydrogen) atoms. The molecule has 1 unspecified atom stereocenters. The molecule has 1 atom stereocenters. The number of anilines is 2. The Morgan fingerprint density at radius 3 is 1.56 bits per heavy atom. The maximum atomic E-state index is 11.6. The molecule has 4 N–H and O–H groups in total. The van der Waals surface area contributed by atoms with Crippen molar-refractivity contribution in [1.29, 1.82) is 0 Å². The number of carboxylic acid groups (broad SMARTS) is 1. The van der Waals surface area contributed by atoms with Crippen LogP contribution in [-0.4, -0.2) is 99.2 Å². The van der Waals surface area contributed by atoms with Gasteiger partial charge in [-0.05, 0) is 48.5 Å². The zero-order chi connectivity index (χ0) is 25.7. The van der Waals surface area contributed by atoms with Gasteiger partial charge in [0, 0.05) is 39.6 Å². The van der Waals surface area contributed by atoms with Gasteiger partial charge in [-0.3, -0.25) is 0 Å². The summed E-state index contributed by atoms with van der Waals surface area (Å²) in [5.74, 6) is -1.44. The zero-order valence-corrected chi connectivity index (χ0v) is 19.9. The first kappa shape index (κ1) is 28.9. The number of esters is 1. The molecule has 188 valence electrons. The van der Waals surface area contributed by atoms with E-state index in [0.29, 0.717) is 11.1 Å². The van der Waals surface area contributed by atoms with Gasteiger partial charge in [-0.25, -0.2) is 9.59 Å². The fourth-order valence-electron chi connectivity index (χ4n) is 2.32. The van der Waals surface area contributed by atoms with Gasteiger partial charge in [0.05, 0.1) is 37.6 Å². The van der Waals surface area contributed by atoms with Crippen LogP contribution in [-0.2, 0) is 9.47 Å². The van der Waals surface area contributed by atoms with E-state index in [2.05, 4.69) is 4.74 Å². The van der Waals surface area contributed by atoms with Crippen LogP contribution in [0.15, 0.2) is 48.5 Å². The number of carboxylic acids is 1. The minimum absolute atomic E-state index is 0.190. The first-order chi connectivity index (χ1) is 16.1. The number of nitrogens with zero attached hydrogens (tertiary/aromatic N) is 2. The Balaban J connectivity index is 0.000000292. The number of hydrogen-bond acceptors (Lipinski definition) is 9. The van der Waals surface area contributed by atoms with Crippen LogP contribution >= 0.6 is 0 Å². The van der Waals surface area contributed by atoms with E-state index in [0.717, 1.165) is 18.0 Å². The zero-order valence-electron chi connectivity index (χ0n) is 19.9. The number of aliphatic hydroxyl groups is 3. The lowest BCUT2D eigenvalue weighted by Crippen LogP contribution is -2.25. The Bertz CT molecular complexity index is 862. The number of carbonyl (C=O) groups is 2. The topological polar surface area (TPSA) is 143 Å². The molecule has 2 aromatic rings. The molecule has 0 spiro atoms. The van der Waals surface area contributed by atoms with E-state index in [1.807, 2.05) is 38.0 Å². The normalized spacial score (nSPS) is 13.6. The summed E-state index contributed by atoms with van der Waals surface area (Å²) in [5, 5.41) is 34.3. The minimum atomic E-state index is -0.889. The minimum Gasteiger partial charge on any atom is -0.478 e. The van der Waals surface area contributed by atoms with Crippen molar-refractivity contribution in [3.05, 3.63) is 59.7 Å². The number of rotatable bonds is 8. The largest absolute Gasteiger partial charge is 0.478 e. The highest BCUT2D eigenvalue weighted by atomic mass is 16.6. The molecule has 1 aliphatic rings. The van der Waals surface area contributed by atoms with Gasteiger partial charge < -0.3 is 39.7 Å². The summed E-state index contributed by atoms with van der Waals surface area (Å²) in [6, 6.07) is 13.6. The molecule has 1 fully saturated rings. The maximum Gasteiger partial charge on any atom is 0.338 e. The standard InChI is InChI=1S/C12H17NO4.C9H11NO2.C3H6O2/c1-13(2)10-5-3-9(4-6-10)12(16)17-11(7-14)8-15;1-10(2)8-5-3-7(4-6-8)9(11)12;4-1-3-2-5-3/h3-6,11,14-15H,7-8H2,1-2H3;3-6H,1-2H3,(H,11,12);3-4H,1-2H2. The molecule has 0 saturated carbocycles. The molecule has 0 aliphatic carbocycles. The molecule has 1 aliphatic heterocycles. The van der Waals surface area contributed by atoms with Crippen molar-refractivity contribution in [2.45, 2.75) is 12.2 Å². The Labute approximate surface area is 199 Å². The molecular formula is C24H34N2O8. The molecule has 0 aromatic heterocycles. The first-order valence-electron chi connectivity index (χ1n) is 10.6. The second kappa shape index (κ2) is 14.9. The second-order valence-corrected chi connectivity index (χ2v) is 7.72. The van der Waals surface area contributed by atoms with Gasteiger partial charge in [-0.2, -0.15) is 0 Å². The quantitative estimate of drug-likeness (QED) is 0.322. The SMILES string of the molecule is CN(C)c1ccc(C(=O)O)cc1.CN(C)c1ccc(C(=O)OC(CO)CO)cc1.OCC1CO1. The molecule has 0 amide bonds. The van der Waals surface area contributed by atoms with E-state index in [4.69, 9.17) is 25.2 Å². The lowest BCUT2D eigenvalue weighted by atomic mass is 10.2. The van der Waals surface area contributed by atoms with Gasteiger partial charge in [0.15, 0.2) is 0 Å². The lowest BCUT2D eigenvalue weighted by molar-refractivity contribution is -0.00545. The van der Waals surface area contributed by atoms with Crippen molar-refractivity contribution in [1.82, 2.24) is 0 Å². The van der Waals surface area contributed by atoms with Crippen LogP contribution in [0.4, 0.5) is 11.4 Å². The van der Waals surface area contributed by atoms with Crippen molar-refractivity contribution in [2.75, 3.05) is 64.4 Å². The van der Waals surface area contributed by atoms with Gasteiger partial charge in [-0.1, -0.05) is 0 Å². The third-order valence-corrected chi connectivity index (χ3v) is 4.54. The summed E-state index contributed by atoms with van der Waals surface area (Å²) < 4.78 is 9.49. The lowest BCUT2D eigenvalue weighted by Gasteiger charge is -2.14. The van der Waals surface area contributed by atoms with Crippen LogP contribution in [0.25, 0.3) is 0 Å². The number of hydrogen-bond donors (Lipinski definition) is 4. The Morgan fingerprint density at radius 1 is 0.882 bits per heavy atom. The molecule has 1 heterocycles. The predicted octanol–water partition coefficient (Wildman–Crippen LogP) is 1.09. The van der Waals surface area contributed by atoms with Crippen LogP contribution < -0.4 is 9.80 Å². The van der Waals surface area contributed by atoms with Crippen molar-refractivity contribution < 1.29 is 39.5 Å². The maximum absolute atomic E-state index is 11.6. The fraction of sp³-hybridized carbons (Fsp3) is 0.417. The molecule has 10 heteroatoms. The third kappa shape index (κ3) is 10.6. The van der Waals surface area contributed by atoms with Gasteiger partial charge in [-0.15, -0.1) is 0 Å². The highest BCUT2D eigenvalue weighted by molar-refractivity contribution is 5.90. The average Bonchev–Trinajstić information content (AvgIpc) is 3.68. The number of ether oxygens (including phenoxy) is 2. The third-order valence-electron chi connectivity index (χ3n) is 4.54. The molecular weight excluding hydrogens is 444 g/mol. The van der Waals surface area contributed by atoms with Crippen LogP contribution in [0.1, 0.15) is 20.7 Å². The molecule has 2 aromatic carbocycles. The molecule has 0 radical (unpaired) electrons. The molecule has 0 bridgehead atoms. The van der Waals surface area contributed by atoms with Gasteiger partial charge in [0.2, 0.25) is 0 Å². The first-order valence-corrected chi connectivity index (χ1v) is 10.6. The van der Waals surface area contributed by atoms with Crippen molar-refractivity contribution in [3.63, 3.8) is 0 Å². The molecule has 10 nitrogen and oxygen atoms in total. The van der Waals surface area contributed by atoms with Crippen LogP contribution in [0.2, 0.25) is 0 Å². The smallest absolute Gasteiger partial charge is 0.338 e. The summed E-state index contributed by atoms with van der Waals surface area (Å²) >= 11 is 0. The second-order valence-electron chi connectivity index (χ2n) is 7.72. The Morgan fingerprint density at radius 2 is 1.29 bits per heavy atom. The number of carbonyl (C=O) groups excluding carboxylic acids is 1. The molecule has 1 saturated heterocycles. The predicted molar refractivity (Wildman–Crippen MR) is 129 cm³/mol. The summed E-state index contributed by atoms with van der Waals surface area (Å²) in [5.41, 5.74) is 2.69. The van der Waals surface area contributed by atoms with Crippen molar-refractivity contribution in [2.24, 2.45) is 0 Å². The summed E-state index contributed by atoms with van der Waals surface area (Å²) in [6.45, 7) is 0.173. The van der Waals surface area contributed by atoms with E-state index in [1.165, 1.54) is 0 Å². The van der Waals surface area contributed by atoms with Crippen LogP contribution in [0.5, 0.6) is 0 Å². The summed E-state index contributed by atoms with van der Waals surface area (Å²) in [7, 11) is 7.63. The summed E-state index contributed by atoms with van der Waals surface area (Å²) in [6.07, 6.45) is -0.675. The monoisotopic (exact) mass is 478 g/mol. The van der Waals surface area contributed by atoms with Crippen molar-refractivity contribution >= 4 is 23.3 Å². The van der Waals surface area contributed by atoms with Crippen LogP contribution in [0.3, 0.4) is 0 Å². The van der Waals surface area contributed by atoms with E-state index < -0.39 is 31.3 Å². The Hall–Kier alpha value is -3.18. The number of benzene rings is 2. The van der Waals surface area contributed by atoms with Crippen molar-refractivity contribution in [3.8, 4) is 0 Å². The Kier molecular flexibility index (Phi) is 12.6. The fourth-order valence-corrected chi connectivity index (χ4v) is 2.32. The number of aromatic carboxylic acids is 1. The van der Waals surface area contributed by atoms with E-state index in [9.17, 15) is 9.59 Å². The van der Waals surface area contributed by atoms with E-state index >= 15 is 0 Å². The summed E-state index contributed by atoms with van der Waals surface area (Å²) in [4.78, 5) is 25.9. The van der Waals surface area contributed by atoms with Gasteiger partial charge in [0.1, 0.15) is 12.2 Å². The highest BCUT2D eigenvalue weighted by Gasteiger charge is 2.19.